The van der Waals surface area contributed by atoms with Gasteiger partial charge in [0.25, 0.3) is 0 Å². The number of benzene rings is 9. The van der Waals surface area contributed by atoms with Crippen molar-refractivity contribution in [1.82, 2.24) is 0 Å². The van der Waals surface area contributed by atoms with Crippen LogP contribution in [-0.2, 0) is 0 Å². The zero-order valence-electron chi connectivity index (χ0n) is 40.4. The van der Waals surface area contributed by atoms with Crippen LogP contribution < -0.4 is 9.80 Å². The maximum atomic E-state index is 2.40. The Hall–Kier alpha value is -7.94. The van der Waals surface area contributed by atoms with Gasteiger partial charge in [0, 0.05) is 33.5 Å². The monoisotopic (exact) mass is 892 g/mol. The number of rotatable bonds is 12. The third-order valence-corrected chi connectivity index (χ3v) is 13.6. The molecule has 338 valence electrons. The number of allylic oxidation sites excluding steroid dienone is 1. The Morgan fingerprint density at radius 1 is 0.348 bits per heavy atom. The van der Waals surface area contributed by atoms with Crippen molar-refractivity contribution in [1.29, 1.82) is 0 Å². The van der Waals surface area contributed by atoms with E-state index in [0.29, 0.717) is 0 Å². The van der Waals surface area contributed by atoms with Crippen LogP contribution in [0.2, 0.25) is 0 Å². The van der Waals surface area contributed by atoms with Crippen molar-refractivity contribution in [3.05, 3.63) is 267 Å². The molecular weight excluding hydrogens is 833 g/mol. The van der Waals surface area contributed by atoms with Crippen LogP contribution in [0.4, 0.5) is 34.1 Å². The lowest BCUT2D eigenvalue weighted by molar-refractivity contribution is 0.602. The Balaban J connectivity index is 1.00. The van der Waals surface area contributed by atoms with E-state index in [1.54, 1.807) is 5.57 Å². The highest BCUT2D eigenvalue weighted by Gasteiger charge is 2.21. The molecule has 0 spiro atoms. The van der Waals surface area contributed by atoms with E-state index in [0.717, 1.165) is 50.6 Å². The predicted octanol–water partition coefficient (Wildman–Crippen LogP) is 19.1. The summed E-state index contributed by atoms with van der Waals surface area (Å²) in [6, 6.07) is 75.9. The van der Waals surface area contributed by atoms with Gasteiger partial charge in [0.1, 0.15) is 0 Å². The van der Waals surface area contributed by atoms with Gasteiger partial charge in [-0.15, -0.1) is 0 Å². The summed E-state index contributed by atoms with van der Waals surface area (Å²) in [5.74, 6) is 0. The minimum Gasteiger partial charge on any atom is -0.310 e. The summed E-state index contributed by atoms with van der Waals surface area (Å²) in [7, 11) is 0. The van der Waals surface area contributed by atoms with E-state index < -0.39 is 0 Å². The standard InChI is InChI=1S/C67H60N2/c1-48-14-32-57(33-15-48)65(58-34-16-49(2)17-35-58)47-56-30-42-62(43-31-56)69(60-38-20-51(4)21-39-60)67-45-44-66(63-12-8-9-13-64(63)67)68(59-36-18-50(3)19-37-59)61-40-28-53(29-41-61)23-22-52-24-26-55(27-25-52)46-54-10-6-5-7-11-54/h8-9,12-47H,5-7,10-11H2,1-4H3/b23-22+. The SMILES string of the molecule is Cc1ccc(C(=Cc2ccc(N(c3ccc(C)cc3)c3ccc(N(c4ccc(C)cc4)c4ccc(/C=C/c5ccc(C=C6CCCCC6)cc5)cc4)c4ccccc34)cc2)c2ccc(C)cc2)cc1. The molecule has 0 radical (unpaired) electrons. The van der Waals surface area contributed by atoms with Crippen LogP contribution in [0.3, 0.4) is 0 Å². The van der Waals surface area contributed by atoms with Gasteiger partial charge in [-0.2, -0.15) is 0 Å². The molecule has 2 heteroatoms. The molecule has 9 aromatic rings. The molecule has 1 saturated carbocycles. The fourth-order valence-electron chi connectivity index (χ4n) is 9.60. The molecule has 0 N–H and O–H groups in total. The van der Waals surface area contributed by atoms with E-state index in [1.165, 1.54) is 87.6 Å². The Kier molecular flexibility index (Phi) is 13.3. The summed E-state index contributed by atoms with van der Waals surface area (Å²) in [4.78, 5) is 4.80. The van der Waals surface area contributed by atoms with E-state index >= 15 is 0 Å². The first kappa shape index (κ1) is 44.9. The zero-order valence-corrected chi connectivity index (χ0v) is 40.4. The van der Waals surface area contributed by atoms with Crippen molar-refractivity contribution >= 4 is 74.8 Å². The third-order valence-electron chi connectivity index (χ3n) is 13.6. The molecule has 9 aromatic carbocycles. The van der Waals surface area contributed by atoms with Crippen LogP contribution in [-0.4, -0.2) is 0 Å². The fraction of sp³-hybridized carbons (Fsp3) is 0.134. The van der Waals surface area contributed by atoms with Gasteiger partial charge in [-0.3, -0.25) is 0 Å². The summed E-state index contributed by atoms with van der Waals surface area (Å²) >= 11 is 0. The average Bonchev–Trinajstić information content (AvgIpc) is 3.39. The Bertz CT molecular complexity index is 3210. The normalized spacial score (nSPS) is 12.6. The second-order valence-electron chi connectivity index (χ2n) is 18.8. The van der Waals surface area contributed by atoms with Crippen LogP contribution in [0.25, 0.3) is 40.6 Å². The molecule has 69 heavy (non-hydrogen) atoms. The highest BCUT2D eigenvalue weighted by atomic mass is 15.2. The quantitative estimate of drug-likeness (QED) is 0.113. The Morgan fingerprint density at radius 2 is 0.696 bits per heavy atom. The molecule has 0 atom stereocenters. The highest BCUT2D eigenvalue weighted by molar-refractivity contribution is 6.07. The molecule has 1 fully saturated rings. The topological polar surface area (TPSA) is 6.48 Å². The maximum Gasteiger partial charge on any atom is 0.0541 e. The zero-order chi connectivity index (χ0) is 47.1. The molecule has 0 saturated heterocycles. The molecule has 1 aliphatic rings. The summed E-state index contributed by atoms with van der Waals surface area (Å²) in [6.45, 7) is 8.58. The van der Waals surface area contributed by atoms with E-state index in [9.17, 15) is 0 Å². The number of anilines is 6. The first-order chi connectivity index (χ1) is 33.8. The smallest absolute Gasteiger partial charge is 0.0541 e. The van der Waals surface area contributed by atoms with Gasteiger partial charge < -0.3 is 9.80 Å². The number of fused-ring (bicyclic) bond motifs is 1. The second kappa shape index (κ2) is 20.5. The summed E-state index contributed by atoms with van der Waals surface area (Å²) in [5, 5.41) is 2.33. The molecule has 0 bridgehead atoms. The lowest BCUT2D eigenvalue weighted by Gasteiger charge is -2.31. The van der Waals surface area contributed by atoms with Gasteiger partial charge in [0.15, 0.2) is 0 Å². The lowest BCUT2D eigenvalue weighted by atomic mass is 9.93. The van der Waals surface area contributed by atoms with Crippen LogP contribution in [0.5, 0.6) is 0 Å². The Labute approximate surface area is 409 Å². The predicted molar refractivity (Wildman–Crippen MR) is 299 cm³/mol. The highest BCUT2D eigenvalue weighted by Crippen LogP contribution is 2.45. The van der Waals surface area contributed by atoms with Crippen LogP contribution in [0.15, 0.2) is 212 Å². The van der Waals surface area contributed by atoms with Crippen molar-refractivity contribution in [2.24, 2.45) is 0 Å². The molecular formula is C67H60N2. The van der Waals surface area contributed by atoms with Gasteiger partial charge >= 0.3 is 0 Å². The second-order valence-corrected chi connectivity index (χ2v) is 18.8. The minimum atomic E-state index is 1.09. The van der Waals surface area contributed by atoms with Crippen molar-refractivity contribution in [2.45, 2.75) is 59.8 Å². The van der Waals surface area contributed by atoms with Crippen molar-refractivity contribution in [3.63, 3.8) is 0 Å². The molecule has 1 aliphatic carbocycles. The molecule has 10 rings (SSSR count). The van der Waals surface area contributed by atoms with Crippen molar-refractivity contribution < 1.29 is 0 Å². The van der Waals surface area contributed by atoms with Gasteiger partial charge in [0.05, 0.1) is 11.4 Å². The molecule has 0 aliphatic heterocycles. The third kappa shape index (κ3) is 10.5. The van der Waals surface area contributed by atoms with E-state index in [4.69, 9.17) is 0 Å². The largest absolute Gasteiger partial charge is 0.310 e. The lowest BCUT2D eigenvalue weighted by Crippen LogP contribution is -2.13. The number of aryl methyl sites for hydroxylation is 4. The fourth-order valence-corrected chi connectivity index (χ4v) is 9.60. The van der Waals surface area contributed by atoms with E-state index in [2.05, 4.69) is 268 Å². The van der Waals surface area contributed by atoms with Gasteiger partial charge in [-0.25, -0.2) is 0 Å². The minimum absolute atomic E-state index is 1.09. The first-order valence-electron chi connectivity index (χ1n) is 24.6. The molecule has 2 nitrogen and oxygen atoms in total. The molecule has 0 amide bonds. The van der Waals surface area contributed by atoms with Crippen LogP contribution in [0.1, 0.15) is 87.7 Å². The maximum absolute atomic E-state index is 2.40. The van der Waals surface area contributed by atoms with Crippen LogP contribution >= 0.6 is 0 Å². The molecule has 0 heterocycles. The van der Waals surface area contributed by atoms with Gasteiger partial charge in [0.2, 0.25) is 0 Å². The summed E-state index contributed by atoms with van der Waals surface area (Å²) < 4.78 is 0. The summed E-state index contributed by atoms with van der Waals surface area (Å²) in [5.41, 5.74) is 21.6. The van der Waals surface area contributed by atoms with Crippen molar-refractivity contribution in [3.8, 4) is 0 Å². The van der Waals surface area contributed by atoms with Gasteiger partial charge in [-0.05, 0) is 159 Å². The van der Waals surface area contributed by atoms with E-state index in [1.807, 2.05) is 0 Å². The molecule has 0 unspecified atom stereocenters. The average molecular weight is 893 g/mol. The van der Waals surface area contributed by atoms with Crippen molar-refractivity contribution in [2.75, 3.05) is 9.80 Å². The van der Waals surface area contributed by atoms with Gasteiger partial charge in [-0.1, -0.05) is 198 Å². The van der Waals surface area contributed by atoms with E-state index in [-0.39, 0.29) is 0 Å². The molecule has 0 aromatic heterocycles. The number of nitrogens with zero attached hydrogens (tertiary/aromatic N) is 2. The van der Waals surface area contributed by atoms with Crippen LogP contribution in [0, 0.1) is 27.7 Å². The summed E-state index contributed by atoms with van der Waals surface area (Å²) in [6.07, 6.45) is 15.7. The Morgan fingerprint density at radius 3 is 1.12 bits per heavy atom. The first-order valence-corrected chi connectivity index (χ1v) is 24.6. The number of hydrogen-bond acceptors (Lipinski definition) is 2. The number of hydrogen-bond donors (Lipinski definition) is 0.